The molecule has 0 heterocycles. The first-order valence-electron chi connectivity index (χ1n) is 15.8. The Morgan fingerprint density at radius 3 is 1.57 bits per heavy atom. The van der Waals surface area contributed by atoms with Crippen LogP contribution in [0.25, 0.3) is 0 Å². The molecule has 12 heteroatoms. The zero-order valence-corrected chi connectivity index (χ0v) is 25.7. The van der Waals surface area contributed by atoms with Crippen molar-refractivity contribution >= 4 is 0 Å². The van der Waals surface area contributed by atoms with Crippen LogP contribution in [0.4, 0.5) is 30.7 Å². The molecule has 0 spiro atoms. The maximum Gasteiger partial charge on any atom is 0.459 e. The van der Waals surface area contributed by atoms with Crippen LogP contribution in [0.15, 0.2) is 30.3 Å². The Kier molecular flexibility index (Phi) is 21.9. The van der Waals surface area contributed by atoms with Crippen molar-refractivity contribution in [1.29, 1.82) is 0 Å². The summed E-state index contributed by atoms with van der Waals surface area (Å²) in [4.78, 5) is 0. The number of halogens is 7. The Morgan fingerprint density at radius 2 is 1.05 bits per heavy atom. The van der Waals surface area contributed by atoms with E-state index in [0.717, 1.165) is 69.8 Å². The maximum absolute atomic E-state index is 13.3. The molecule has 0 aliphatic carbocycles. The first-order valence-corrected chi connectivity index (χ1v) is 15.8. The lowest BCUT2D eigenvalue weighted by atomic mass is 10.0. The molecule has 1 unspecified atom stereocenters. The molecule has 0 radical (unpaired) electrons. The summed E-state index contributed by atoms with van der Waals surface area (Å²) in [5.74, 6) is -11.1. The molecule has 0 fully saturated rings. The summed E-state index contributed by atoms with van der Waals surface area (Å²) in [5, 5.41) is 8.75. The van der Waals surface area contributed by atoms with E-state index in [1.165, 1.54) is 0 Å². The van der Waals surface area contributed by atoms with E-state index in [4.69, 9.17) is 24.1 Å². The van der Waals surface area contributed by atoms with E-state index >= 15 is 0 Å². The van der Waals surface area contributed by atoms with Gasteiger partial charge in [-0.3, -0.25) is 0 Å². The maximum atomic E-state index is 13.3. The number of unbranched alkanes of at least 4 members (excludes halogenated alkanes) is 12. The van der Waals surface area contributed by atoms with Gasteiger partial charge in [0.15, 0.2) is 0 Å². The average Bonchev–Trinajstić information content (AvgIpc) is 2.98. The molecule has 1 aromatic rings. The first-order chi connectivity index (χ1) is 21.0. The Morgan fingerprint density at radius 1 is 0.568 bits per heavy atom. The highest BCUT2D eigenvalue weighted by molar-refractivity contribution is 5.13. The molecule has 0 aromatic heterocycles. The molecule has 258 valence electrons. The number of hydrogen-bond donors (Lipinski definition) is 1. The highest BCUT2D eigenvalue weighted by Gasteiger charge is 2.72. The van der Waals surface area contributed by atoms with Crippen molar-refractivity contribution in [1.82, 2.24) is 0 Å². The van der Waals surface area contributed by atoms with Crippen LogP contribution in [-0.2, 0) is 25.6 Å². The van der Waals surface area contributed by atoms with Crippen molar-refractivity contribution in [2.45, 2.75) is 121 Å². The Hall–Kier alpha value is -1.47. The quantitative estimate of drug-likeness (QED) is 0.0695. The molecule has 0 bridgehead atoms. The normalized spacial score (nSPS) is 13.5. The van der Waals surface area contributed by atoms with E-state index in [9.17, 15) is 30.7 Å². The summed E-state index contributed by atoms with van der Waals surface area (Å²) in [6, 6.07) is 9.89. The lowest BCUT2D eigenvalue weighted by molar-refractivity contribution is -0.355. The van der Waals surface area contributed by atoms with Gasteiger partial charge in [-0.2, -0.15) is 30.7 Å². The Bertz CT molecular complexity index is 797. The molecule has 0 amide bonds. The highest BCUT2D eigenvalue weighted by Crippen LogP contribution is 2.48. The van der Waals surface area contributed by atoms with Crippen LogP contribution in [0.5, 0.6) is 0 Å². The summed E-state index contributed by atoms with van der Waals surface area (Å²) in [5.41, 5.74) is 1.08. The summed E-state index contributed by atoms with van der Waals surface area (Å²) in [6.07, 6.45) is 2.68. The number of aliphatic hydroxyl groups is 1. The topological polar surface area (TPSA) is 57.2 Å². The Balaban J connectivity index is 2.00. The molecular formula is C32H51F7O5. The van der Waals surface area contributed by atoms with Crippen LogP contribution < -0.4 is 0 Å². The van der Waals surface area contributed by atoms with Gasteiger partial charge in [0.2, 0.25) is 0 Å². The van der Waals surface area contributed by atoms with Crippen LogP contribution >= 0.6 is 0 Å². The zero-order valence-electron chi connectivity index (χ0n) is 25.7. The molecule has 1 rings (SSSR count). The lowest BCUT2D eigenvalue weighted by Gasteiger charge is -2.28. The van der Waals surface area contributed by atoms with Crippen molar-refractivity contribution < 1.29 is 54.8 Å². The van der Waals surface area contributed by atoms with Gasteiger partial charge < -0.3 is 24.1 Å². The minimum absolute atomic E-state index is 0.0182. The summed E-state index contributed by atoms with van der Waals surface area (Å²) >= 11 is 0. The fraction of sp³-hybridized carbons (Fsp3) is 0.812. The van der Waals surface area contributed by atoms with Crippen molar-refractivity contribution in [3.63, 3.8) is 0 Å². The highest BCUT2D eigenvalue weighted by atomic mass is 19.4. The number of aliphatic hydroxyl groups excluding tert-OH is 1. The average molecular weight is 649 g/mol. The van der Waals surface area contributed by atoms with E-state index in [1.54, 1.807) is 0 Å². The summed E-state index contributed by atoms with van der Waals surface area (Å²) in [7, 11) is 0. The van der Waals surface area contributed by atoms with E-state index in [-0.39, 0.29) is 32.2 Å². The second-order valence-electron chi connectivity index (χ2n) is 11.0. The molecule has 1 N–H and O–H groups in total. The van der Waals surface area contributed by atoms with E-state index in [2.05, 4.69) is 0 Å². The number of ether oxygens (including phenoxy) is 4. The third-order valence-electron chi connectivity index (χ3n) is 7.14. The fourth-order valence-electron chi connectivity index (χ4n) is 4.51. The van der Waals surface area contributed by atoms with Gasteiger partial charge in [-0.25, -0.2) is 0 Å². The molecule has 1 aromatic carbocycles. The first kappa shape index (κ1) is 40.6. The predicted molar refractivity (Wildman–Crippen MR) is 155 cm³/mol. The lowest BCUT2D eigenvalue weighted by Crippen LogP contribution is -2.51. The summed E-state index contributed by atoms with van der Waals surface area (Å²) in [6.45, 7) is 3.03. The predicted octanol–water partition coefficient (Wildman–Crippen LogP) is 8.91. The second-order valence-corrected chi connectivity index (χ2v) is 11.0. The van der Waals surface area contributed by atoms with Crippen LogP contribution in [0.2, 0.25) is 0 Å². The van der Waals surface area contributed by atoms with Gasteiger partial charge >= 0.3 is 18.0 Å². The molecule has 0 aliphatic heterocycles. The molecule has 1 atom stereocenters. The van der Waals surface area contributed by atoms with Gasteiger partial charge in [0.25, 0.3) is 0 Å². The van der Waals surface area contributed by atoms with Gasteiger partial charge in [0.05, 0.1) is 46.2 Å². The summed E-state index contributed by atoms with van der Waals surface area (Å²) < 4.78 is 111. The Labute approximate surface area is 257 Å². The van der Waals surface area contributed by atoms with Crippen LogP contribution in [0.3, 0.4) is 0 Å². The van der Waals surface area contributed by atoms with Gasteiger partial charge in [-0.15, -0.1) is 0 Å². The smallest absolute Gasteiger partial charge is 0.394 e. The van der Waals surface area contributed by atoms with E-state index in [1.807, 2.05) is 30.3 Å². The number of alkyl halides is 7. The van der Waals surface area contributed by atoms with Crippen molar-refractivity contribution in [2.24, 2.45) is 0 Å². The van der Waals surface area contributed by atoms with Crippen molar-refractivity contribution in [3.8, 4) is 0 Å². The van der Waals surface area contributed by atoms with Crippen molar-refractivity contribution in [2.75, 3.05) is 46.2 Å². The largest absolute Gasteiger partial charge is 0.459 e. The molecule has 0 saturated carbocycles. The minimum atomic E-state index is -6.25. The third-order valence-corrected chi connectivity index (χ3v) is 7.14. The van der Waals surface area contributed by atoms with Crippen LogP contribution in [0, 0.1) is 0 Å². The standard InChI is InChI=1S/C32H51F7O5/c33-30(34,31(35,36)32(37,38)39)19-15-10-8-6-4-2-1-3-5-7-9-11-16-21-42-26-29(27-43-24-23-41-22-20-40)44-25-28-17-13-12-14-18-28/h12-14,17-18,29,40H,1-11,15-16,19-27H2. The molecular weight excluding hydrogens is 597 g/mol. The van der Waals surface area contributed by atoms with E-state index < -0.39 is 24.4 Å². The molecule has 44 heavy (non-hydrogen) atoms. The minimum Gasteiger partial charge on any atom is -0.394 e. The number of benzene rings is 1. The number of rotatable bonds is 29. The third kappa shape index (κ3) is 18.5. The van der Waals surface area contributed by atoms with Crippen molar-refractivity contribution in [3.05, 3.63) is 35.9 Å². The van der Waals surface area contributed by atoms with Gasteiger partial charge in [-0.1, -0.05) is 101 Å². The fourth-order valence-corrected chi connectivity index (χ4v) is 4.51. The van der Waals surface area contributed by atoms with Gasteiger partial charge in [-0.05, 0) is 18.4 Å². The van der Waals surface area contributed by atoms with E-state index in [0.29, 0.717) is 46.1 Å². The molecule has 0 saturated heterocycles. The van der Waals surface area contributed by atoms with Gasteiger partial charge in [0.1, 0.15) is 6.10 Å². The number of hydrogen-bond acceptors (Lipinski definition) is 5. The molecule has 0 aliphatic rings. The van der Waals surface area contributed by atoms with Crippen LogP contribution in [-0.4, -0.2) is 75.5 Å². The molecule has 5 nitrogen and oxygen atoms in total. The van der Waals surface area contributed by atoms with Gasteiger partial charge in [0, 0.05) is 13.0 Å². The monoisotopic (exact) mass is 648 g/mol. The van der Waals surface area contributed by atoms with Crippen LogP contribution in [0.1, 0.15) is 95.5 Å². The SMILES string of the molecule is OCCOCCOCC(COCCCCCCCCCCCCCCCC(F)(F)C(F)(F)C(F)(F)F)OCc1ccccc1. The second kappa shape index (κ2) is 23.8. The zero-order chi connectivity index (χ0) is 32.6.